The van der Waals surface area contributed by atoms with Gasteiger partial charge in [-0.3, -0.25) is 0 Å². The van der Waals surface area contributed by atoms with Crippen LogP contribution in [0.1, 0.15) is 25.7 Å². The third-order valence-electron chi connectivity index (χ3n) is 11.1. The smallest absolute Gasteiger partial charge is 0.0325 e. The minimum atomic E-state index is -0.866. The molecule has 0 unspecified atom stereocenters. The number of hydrogen-bond donors (Lipinski definition) is 0. The second-order valence-electron chi connectivity index (χ2n) is 15.0. The summed E-state index contributed by atoms with van der Waals surface area (Å²) < 4.78 is 6.07. The van der Waals surface area contributed by atoms with E-state index in [-0.39, 0.29) is 0 Å². The lowest BCUT2D eigenvalue weighted by Gasteiger charge is -2.49. The molecule has 9 rings (SSSR count). The van der Waals surface area contributed by atoms with E-state index < -0.39 is 32.3 Å². The van der Waals surface area contributed by atoms with Crippen molar-refractivity contribution in [1.82, 2.24) is 8.88 Å². The highest BCUT2D eigenvalue weighted by atomic mass is 31.2. The highest BCUT2D eigenvalue weighted by molar-refractivity contribution is 7.85. The molecule has 0 radical (unpaired) electrons. The zero-order valence-electron chi connectivity index (χ0n) is 33.8. The fourth-order valence-corrected chi connectivity index (χ4v) is 21.3. The van der Waals surface area contributed by atoms with Gasteiger partial charge in [-0.2, -0.15) is 0 Å². The van der Waals surface area contributed by atoms with Crippen LogP contribution in [0.4, 0.5) is 0 Å². The van der Waals surface area contributed by atoms with Crippen LogP contribution in [-0.4, -0.2) is 21.0 Å². The van der Waals surface area contributed by atoms with E-state index in [0.29, 0.717) is 12.1 Å². The van der Waals surface area contributed by atoms with Gasteiger partial charge < -0.3 is 0 Å². The molecule has 1 saturated carbocycles. The molecule has 0 aromatic heterocycles. The van der Waals surface area contributed by atoms with Crippen LogP contribution < -0.4 is 42.4 Å². The van der Waals surface area contributed by atoms with E-state index in [1.165, 1.54) is 42.4 Å². The van der Waals surface area contributed by atoms with Crippen LogP contribution in [0, 0.1) is 0 Å². The molecular weight excluding hydrogens is 801 g/mol. The molecule has 0 aliphatic heterocycles. The Morgan fingerprint density at radius 2 is 0.350 bits per heavy atom. The predicted molar refractivity (Wildman–Crippen MR) is 266 cm³/mol. The van der Waals surface area contributed by atoms with Gasteiger partial charge in [-0.15, -0.1) is 0 Å². The van der Waals surface area contributed by atoms with Gasteiger partial charge in [0.1, 0.15) is 0 Å². The van der Waals surface area contributed by atoms with Crippen molar-refractivity contribution < 1.29 is 0 Å². The van der Waals surface area contributed by atoms with Gasteiger partial charge in [-0.1, -0.05) is 243 Å². The summed E-state index contributed by atoms with van der Waals surface area (Å²) in [5.41, 5.74) is 0. The summed E-state index contributed by atoms with van der Waals surface area (Å²) in [6, 6.07) is 91.9. The standard InChI is InChI=1S/C54H50N2P4/c1-9-25-47(26-10-1)57(48-27-11-2-12-28-48)55(58(49-29-13-3-14-30-49)50-31-15-4-16-32-50)45-41-43-46(44-42-45)56(59(51-33-17-5-18-34-51)52-35-19-6-20-36-52)60(53-37-21-7-22-38-53)54-39-23-8-24-40-54/h1-40,45-46H,41-44H2. The quantitative estimate of drug-likeness (QED) is 0.101. The fourth-order valence-electron chi connectivity index (χ4n) is 8.45. The van der Waals surface area contributed by atoms with E-state index in [4.69, 9.17) is 0 Å². The van der Waals surface area contributed by atoms with Crippen molar-refractivity contribution in [2.24, 2.45) is 0 Å². The molecule has 1 aliphatic carbocycles. The molecule has 0 heterocycles. The van der Waals surface area contributed by atoms with Crippen LogP contribution in [-0.2, 0) is 0 Å². The molecule has 0 bridgehead atoms. The van der Waals surface area contributed by atoms with Crippen LogP contribution in [0.3, 0.4) is 0 Å². The fraction of sp³-hybridized carbons (Fsp3) is 0.111. The molecule has 0 N–H and O–H groups in total. The molecule has 8 aromatic rings. The molecule has 60 heavy (non-hydrogen) atoms. The first-order valence-electron chi connectivity index (χ1n) is 21.0. The summed E-state index contributed by atoms with van der Waals surface area (Å²) in [5, 5.41) is 11.3. The van der Waals surface area contributed by atoms with E-state index in [1.54, 1.807) is 0 Å². The van der Waals surface area contributed by atoms with Crippen LogP contribution in [0.25, 0.3) is 0 Å². The minimum Gasteiger partial charge on any atom is -0.242 e. The number of hydrogen-bond acceptors (Lipinski definition) is 2. The third-order valence-corrected chi connectivity index (χ3v) is 22.5. The van der Waals surface area contributed by atoms with Crippen molar-refractivity contribution in [2.75, 3.05) is 0 Å². The van der Waals surface area contributed by atoms with Gasteiger partial charge in [0.15, 0.2) is 0 Å². The van der Waals surface area contributed by atoms with Crippen molar-refractivity contribution in [3.8, 4) is 0 Å². The largest absolute Gasteiger partial charge is 0.242 e. The number of nitrogens with zero attached hydrogens (tertiary/aromatic N) is 2. The van der Waals surface area contributed by atoms with Gasteiger partial charge in [0, 0.05) is 44.4 Å². The first-order valence-corrected chi connectivity index (χ1v) is 26.2. The Kier molecular flexibility index (Phi) is 13.8. The summed E-state index contributed by atoms with van der Waals surface area (Å²) in [5.74, 6) is 0. The Labute approximate surface area is 362 Å². The summed E-state index contributed by atoms with van der Waals surface area (Å²) in [4.78, 5) is 0. The normalized spacial score (nSPS) is 15.6. The van der Waals surface area contributed by atoms with Crippen LogP contribution in [0.5, 0.6) is 0 Å². The maximum atomic E-state index is 3.04. The lowest BCUT2D eigenvalue weighted by Crippen LogP contribution is -2.45. The summed E-state index contributed by atoms with van der Waals surface area (Å²) >= 11 is 0. The van der Waals surface area contributed by atoms with Crippen molar-refractivity contribution >= 4 is 74.7 Å². The topological polar surface area (TPSA) is 6.48 Å². The average Bonchev–Trinajstić information content (AvgIpc) is 3.34. The molecule has 2 nitrogen and oxygen atoms in total. The monoisotopic (exact) mass is 850 g/mol. The zero-order chi connectivity index (χ0) is 40.4. The molecule has 1 aliphatic rings. The first kappa shape index (κ1) is 40.8. The Morgan fingerprint density at radius 1 is 0.217 bits per heavy atom. The molecule has 0 atom stereocenters. The second-order valence-corrected chi connectivity index (χ2v) is 24.0. The molecule has 0 saturated heterocycles. The Balaban J connectivity index is 1.18. The van der Waals surface area contributed by atoms with Gasteiger partial charge in [0.2, 0.25) is 0 Å². The molecule has 1 fully saturated rings. The molecule has 6 heteroatoms. The third kappa shape index (κ3) is 9.32. The van der Waals surface area contributed by atoms with E-state index in [2.05, 4.69) is 252 Å². The highest BCUT2D eigenvalue weighted by Gasteiger charge is 2.43. The first-order chi connectivity index (χ1) is 29.8. The molecular formula is C54H50N2P4. The van der Waals surface area contributed by atoms with Crippen LogP contribution in [0.2, 0.25) is 0 Å². The van der Waals surface area contributed by atoms with E-state index in [0.717, 1.165) is 25.7 Å². The van der Waals surface area contributed by atoms with Gasteiger partial charge in [0.05, 0.1) is 0 Å². The van der Waals surface area contributed by atoms with E-state index in [1.807, 2.05) is 0 Å². The Bertz CT molecular complexity index is 1960. The molecule has 0 amide bonds. The number of rotatable bonds is 14. The van der Waals surface area contributed by atoms with Gasteiger partial charge in [-0.25, -0.2) is 8.88 Å². The van der Waals surface area contributed by atoms with Gasteiger partial charge >= 0.3 is 0 Å². The predicted octanol–water partition coefficient (Wildman–Crippen LogP) is 11.1. The van der Waals surface area contributed by atoms with Crippen molar-refractivity contribution in [1.29, 1.82) is 0 Å². The van der Waals surface area contributed by atoms with E-state index >= 15 is 0 Å². The molecule has 0 spiro atoms. The Morgan fingerprint density at radius 3 is 0.483 bits per heavy atom. The van der Waals surface area contributed by atoms with Gasteiger partial charge in [-0.05, 0) is 68.1 Å². The average molecular weight is 851 g/mol. The zero-order valence-corrected chi connectivity index (χ0v) is 37.3. The summed E-state index contributed by atoms with van der Waals surface area (Å²) in [6.07, 6.45) is 4.49. The van der Waals surface area contributed by atoms with Crippen molar-refractivity contribution in [2.45, 2.75) is 37.8 Å². The van der Waals surface area contributed by atoms with Crippen LogP contribution in [0.15, 0.2) is 243 Å². The molecule has 8 aromatic carbocycles. The SMILES string of the molecule is c1ccc(P(c2ccccc2)N(C2CCC(N(P(c3ccccc3)c3ccccc3)P(c3ccccc3)c3ccccc3)CC2)P(c2ccccc2)c2ccccc2)cc1. The second kappa shape index (κ2) is 20.3. The Hall–Kier alpha value is -4.60. The van der Waals surface area contributed by atoms with Crippen molar-refractivity contribution in [3.05, 3.63) is 243 Å². The minimum absolute atomic E-state index is 0.389. The van der Waals surface area contributed by atoms with E-state index in [9.17, 15) is 0 Å². The number of benzene rings is 8. The maximum absolute atomic E-state index is 3.04. The lowest BCUT2D eigenvalue weighted by molar-refractivity contribution is 0.282. The maximum Gasteiger partial charge on any atom is 0.0325 e. The summed E-state index contributed by atoms with van der Waals surface area (Å²) in [6.45, 7) is 0. The molecule has 296 valence electrons. The van der Waals surface area contributed by atoms with Gasteiger partial charge in [0.25, 0.3) is 0 Å². The lowest BCUT2D eigenvalue weighted by atomic mass is 9.92. The van der Waals surface area contributed by atoms with Crippen LogP contribution >= 0.6 is 32.3 Å². The van der Waals surface area contributed by atoms with Crippen molar-refractivity contribution in [3.63, 3.8) is 0 Å². The highest BCUT2D eigenvalue weighted by Crippen LogP contribution is 2.61. The summed E-state index contributed by atoms with van der Waals surface area (Å²) in [7, 11) is -3.46.